The summed E-state index contributed by atoms with van der Waals surface area (Å²) in [5.74, 6) is 1.61. The van der Waals surface area contributed by atoms with E-state index in [0.29, 0.717) is 11.8 Å². The number of nitrogens with one attached hydrogen (secondary N) is 1. The molecule has 1 amide bonds. The van der Waals surface area contributed by atoms with Crippen molar-refractivity contribution in [3.8, 4) is 5.69 Å². The van der Waals surface area contributed by atoms with Gasteiger partial charge in [0.2, 0.25) is 11.8 Å². The largest absolute Gasteiger partial charge is 0.338 e. The van der Waals surface area contributed by atoms with Crippen LogP contribution in [-0.4, -0.2) is 31.1 Å². The summed E-state index contributed by atoms with van der Waals surface area (Å²) in [5, 5.41) is 15.6. The van der Waals surface area contributed by atoms with Gasteiger partial charge in [-0.15, -0.1) is 10.2 Å². The number of para-hydroxylation sites is 1. The van der Waals surface area contributed by atoms with E-state index in [2.05, 4.69) is 25.2 Å². The van der Waals surface area contributed by atoms with E-state index >= 15 is 0 Å². The molecule has 1 aromatic carbocycles. The van der Waals surface area contributed by atoms with Crippen LogP contribution in [-0.2, 0) is 4.79 Å². The van der Waals surface area contributed by atoms with E-state index in [1.165, 1.54) is 11.8 Å². The maximum Gasteiger partial charge on any atom is 0.240 e. The first kappa shape index (κ1) is 16.8. The van der Waals surface area contributed by atoms with Crippen LogP contribution in [0.2, 0.25) is 0 Å². The minimum Gasteiger partial charge on any atom is -0.338 e. The molecular formula is C18H19N5O2S. The van der Waals surface area contributed by atoms with Gasteiger partial charge < -0.3 is 4.52 Å². The number of carbonyl (C=O) groups is 1. The number of anilines is 1. The van der Waals surface area contributed by atoms with Crippen molar-refractivity contribution in [2.24, 2.45) is 0 Å². The molecule has 0 unspecified atom stereocenters. The lowest BCUT2D eigenvalue weighted by Gasteiger charge is -2.13. The summed E-state index contributed by atoms with van der Waals surface area (Å²) in [4.78, 5) is 12.4. The molecule has 26 heavy (non-hydrogen) atoms. The molecule has 7 nitrogen and oxygen atoms in total. The van der Waals surface area contributed by atoms with Crippen LogP contribution in [0.25, 0.3) is 5.69 Å². The van der Waals surface area contributed by atoms with E-state index in [4.69, 9.17) is 4.52 Å². The molecule has 2 aromatic heterocycles. The second-order valence-corrected chi connectivity index (χ2v) is 7.68. The van der Waals surface area contributed by atoms with E-state index < -0.39 is 0 Å². The predicted molar refractivity (Wildman–Crippen MR) is 98.5 cm³/mol. The normalized spacial score (nSPS) is 15.0. The van der Waals surface area contributed by atoms with Crippen molar-refractivity contribution < 1.29 is 9.32 Å². The van der Waals surface area contributed by atoms with Crippen LogP contribution in [0.3, 0.4) is 0 Å². The Bertz CT molecular complexity index is 917. The third kappa shape index (κ3) is 3.50. The van der Waals surface area contributed by atoms with E-state index in [-0.39, 0.29) is 11.2 Å². The molecule has 1 aliphatic carbocycles. The number of hydrogen-bond acceptors (Lipinski definition) is 6. The number of aromatic nitrogens is 4. The average molecular weight is 369 g/mol. The molecule has 1 N–H and O–H groups in total. The lowest BCUT2D eigenvalue weighted by molar-refractivity contribution is -0.115. The van der Waals surface area contributed by atoms with Crippen LogP contribution in [0, 0.1) is 6.92 Å². The third-order valence-electron chi connectivity index (χ3n) is 4.14. The fourth-order valence-corrected chi connectivity index (χ4v) is 3.51. The van der Waals surface area contributed by atoms with Crippen LogP contribution < -0.4 is 5.32 Å². The Morgan fingerprint density at radius 1 is 1.31 bits per heavy atom. The van der Waals surface area contributed by atoms with E-state index in [9.17, 15) is 4.79 Å². The molecule has 1 aliphatic rings. The molecule has 0 radical (unpaired) electrons. The highest BCUT2D eigenvalue weighted by Gasteiger charge is 2.32. The topological polar surface area (TPSA) is 85.8 Å². The maximum absolute atomic E-state index is 12.4. The second-order valence-electron chi connectivity index (χ2n) is 6.37. The summed E-state index contributed by atoms with van der Waals surface area (Å²) in [7, 11) is 0. The maximum atomic E-state index is 12.4. The molecule has 0 spiro atoms. The number of rotatable bonds is 6. The first-order valence-electron chi connectivity index (χ1n) is 8.53. The number of aryl methyl sites for hydroxylation is 1. The molecule has 8 heteroatoms. The molecule has 1 fully saturated rings. The van der Waals surface area contributed by atoms with Crippen molar-refractivity contribution >= 4 is 23.6 Å². The summed E-state index contributed by atoms with van der Waals surface area (Å²) in [6.45, 7) is 3.64. The highest BCUT2D eigenvalue weighted by molar-refractivity contribution is 8.00. The van der Waals surface area contributed by atoms with Crippen molar-refractivity contribution in [3.63, 3.8) is 0 Å². The van der Waals surface area contributed by atoms with Crippen molar-refractivity contribution in [1.82, 2.24) is 19.9 Å². The van der Waals surface area contributed by atoms with Crippen molar-refractivity contribution in [2.45, 2.75) is 43.0 Å². The Morgan fingerprint density at radius 2 is 2.08 bits per heavy atom. The summed E-state index contributed by atoms with van der Waals surface area (Å²) < 4.78 is 7.11. The third-order valence-corrected chi connectivity index (χ3v) is 5.18. The number of nitrogens with zero attached hydrogens (tertiary/aromatic N) is 4. The zero-order valence-corrected chi connectivity index (χ0v) is 15.4. The summed E-state index contributed by atoms with van der Waals surface area (Å²) >= 11 is 1.38. The van der Waals surface area contributed by atoms with E-state index in [0.717, 1.165) is 35.2 Å². The zero-order valence-electron chi connectivity index (χ0n) is 14.5. The van der Waals surface area contributed by atoms with Crippen LogP contribution in [0.4, 0.5) is 5.88 Å². The van der Waals surface area contributed by atoms with Gasteiger partial charge in [0.05, 0.1) is 10.9 Å². The van der Waals surface area contributed by atoms with Crippen molar-refractivity contribution in [1.29, 1.82) is 0 Å². The fraction of sp³-hybridized carbons (Fsp3) is 0.333. The van der Waals surface area contributed by atoms with Crippen molar-refractivity contribution in [3.05, 3.63) is 47.9 Å². The lowest BCUT2D eigenvalue weighted by Crippen LogP contribution is -2.22. The molecule has 4 rings (SSSR count). The standard InChI is InChI=1S/C18H19N5O2S/c1-11-10-15(25-22-11)19-17(24)12(2)26-18-21-20-16(13-8-9-13)23(18)14-6-4-3-5-7-14/h3-7,10,12-13H,8-9H2,1-2H3,(H,19,24)/t12-/m1/s1. The van der Waals surface area contributed by atoms with Crippen LogP contribution in [0.15, 0.2) is 46.1 Å². The monoisotopic (exact) mass is 369 g/mol. The lowest BCUT2D eigenvalue weighted by atomic mass is 10.3. The molecule has 1 atom stereocenters. The number of hydrogen-bond donors (Lipinski definition) is 1. The first-order valence-corrected chi connectivity index (χ1v) is 9.41. The van der Waals surface area contributed by atoms with Crippen LogP contribution in [0.1, 0.15) is 37.2 Å². The Balaban J connectivity index is 1.55. The fourth-order valence-electron chi connectivity index (χ4n) is 2.64. The Hall–Kier alpha value is -2.61. The van der Waals surface area contributed by atoms with Crippen LogP contribution in [0.5, 0.6) is 0 Å². The van der Waals surface area contributed by atoms with Gasteiger partial charge in [0.15, 0.2) is 5.16 Å². The number of thioether (sulfide) groups is 1. The molecule has 0 bridgehead atoms. The molecule has 3 aromatic rings. The number of amides is 1. The minimum absolute atomic E-state index is 0.165. The van der Waals surface area contributed by atoms with Gasteiger partial charge in [-0.2, -0.15) is 0 Å². The van der Waals surface area contributed by atoms with Gasteiger partial charge >= 0.3 is 0 Å². The van der Waals surface area contributed by atoms with Gasteiger partial charge in [-0.3, -0.25) is 14.7 Å². The van der Waals surface area contributed by atoms with Crippen LogP contribution >= 0.6 is 11.8 Å². The van der Waals surface area contributed by atoms with E-state index in [1.54, 1.807) is 13.0 Å². The van der Waals surface area contributed by atoms with Gasteiger partial charge in [-0.25, -0.2) is 0 Å². The quantitative estimate of drug-likeness (QED) is 0.669. The Kier molecular flexibility index (Phi) is 4.50. The van der Waals surface area contributed by atoms with Gasteiger partial charge in [0.25, 0.3) is 0 Å². The van der Waals surface area contributed by atoms with Gasteiger partial charge in [0, 0.05) is 17.7 Å². The second kappa shape index (κ2) is 6.95. The Labute approximate surface area is 155 Å². The van der Waals surface area contributed by atoms with Gasteiger partial charge in [-0.05, 0) is 38.8 Å². The zero-order chi connectivity index (χ0) is 18.1. The molecule has 134 valence electrons. The molecule has 0 aliphatic heterocycles. The Morgan fingerprint density at radius 3 is 2.73 bits per heavy atom. The highest BCUT2D eigenvalue weighted by atomic mass is 32.2. The average Bonchev–Trinajstić information content (AvgIpc) is 3.28. The highest BCUT2D eigenvalue weighted by Crippen LogP contribution is 2.41. The summed E-state index contributed by atoms with van der Waals surface area (Å²) in [6.07, 6.45) is 2.27. The SMILES string of the molecule is Cc1cc(NC(=O)[C@@H](C)Sc2nnc(C3CC3)n2-c2ccccc2)on1. The molecular weight excluding hydrogens is 350 g/mol. The molecule has 2 heterocycles. The number of benzene rings is 1. The predicted octanol–water partition coefficient (Wildman–Crippen LogP) is 3.56. The molecule has 1 saturated carbocycles. The first-order chi connectivity index (χ1) is 12.6. The smallest absolute Gasteiger partial charge is 0.240 e. The summed E-state index contributed by atoms with van der Waals surface area (Å²) in [5.41, 5.74) is 1.74. The number of carbonyl (C=O) groups excluding carboxylic acids is 1. The minimum atomic E-state index is -0.362. The van der Waals surface area contributed by atoms with Gasteiger partial charge in [-0.1, -0.05) is 35.1 Å². The molecule has 0 saturated heterocycles. The van der Waals surface area contributed by atoms with E-state index in [1.807, 2.05) is 37.3 Å². The summed E-state index contributed by atoms with van der Waals surface area (Å²) in [6, 6.07) is 11.7. The van der Waals surface area contributed by atoms with Gasteiger partial charge in [0.1, 0.15) is 5.82 Å². The van der Waals surface area contributed by atoms with Crippen molar-refractivity contribution in [2.75, 3.05) is 5.32 Å².